The first-order valence-corrected chi connectivity index (χ1v) is 18.9. The van der Waals surface area contributed by atoms with Crippen LogP contribution in [-0.4, -0.2) is 4.98 Å². The SMILES string of the molecule is CC1(C)c2ccccc2-c2ccc(-c3cccc(-c4cccc5c4sc4nc(-c6ccc7c8ccccc8c8ccccc8c7c6)ccc45)c3)cc21. The number of thiophene rings is 1. The van der Waals surface area contributed by atoms with Gasteiger partial charge in [-0.1, -0.05) is 147 Å². The summed E-state index contributed by atoms with van der Waals surface area (Å²) in [6, 6.07) is 60.5. The fourth-order valence-electron chi connectivity index (χ4n) is 8.88. The van der Waals surface area contributed by atoms with Gasteiger partial charge in [0.1, 0.15) is 4.83 Å². The van der Waals surface area contributed by atoms with E-state index in [1.165, 1.54) is 92.3 Å². The van der Waals surface area contributed by atoms with E-state index in [0.717, 1.165) is 16.1 Å². The summed E-state index contributed by atoms with van der Waals surface area (Å²) in [5.74, 6) is 0. The summed E-state index contributed by atoms with van der Waals surface area (Å²) in [6.45, 7) is 4.70. The van der Waals surface area contributed by atoms with Gasteiger partial charge < -0.3 is 0 Å². The largest absolute Gasteiger partial charge is 0.237 e. The number of hydrogen-bond acceptors (Lipinski definition) is 2. The normalized spacial score (nSPS) is 13.3. The quantitative estimate of drug-likeness (QED) is 0.169. The van der Waals surface area contributed by atoms with Gasteiger partial charge in [-0.2, -0.15) is 0 Å². The molecule has 0 N–H and O–H groups in total. The van der Waals surface area contributed by atoms with Gasteiger partial charge in [0.15, 0.2) is 0 Å². The van der Waals surface area contributed by atoms with Crippen molar-refractivity contribution >= 4 is 64.0 Å². The van der Waals surface area contributed by atoms with E-state index in [9.17, 15) is 0 Å². The van der Waals surface area contributed by atoms with Crippen LogP contribution in [0.2, 0.25) is 0 Å². The van der Waals surface area contributed by atoms with Crippen LogP contribution >= 0.6 is 11.3 Å². The summed E-state index contributed by atoms with van der Waals surface area (Å²) in [7, 11) is 0. The van der Waals surface area contributed by atoms with E-state index in [-0.39, 0.29) is 5.41 Å². The first kappa shape index (κ1) is 29.6. The van der Waals surface area contributed by atoms with Gasteiger partial charge in [-0.3, -0.25) is 0 Å². The van der Waals surface area contributed by atoms with Crippen molar-refractivity contribution in [3.05, 3.63) is 175 Å². The van der Waals surface area contributed by atoms with Crippen molar-refractivity contribution in [1.82, 2.24) is 4.98 Å². The zero-order valence-corrected chi connectivity index (χ0v) is 29.8. The number of benzene rings is 8. The fraction of sp³-hybridized carbons (Fsp3) is 0.0600. The molecule has 0 saturated carbocycles. The summed E-state index contributed by atoms with van der Waals surface area (Å²) in [5.41, 5.74) is 12.6. The molecule has 52 heavy (non-hydrogen) atoms. The number of nitrogens with zero attached hydrogens (tertiary/aromatic N) is 1. The van der Waals surface area contributed by atoms with E-state index in [4.69, 9.17) is 4.98 Å². The lowest BCUT2D eigenvalue weighted by atomic mass is 9.81. The zero-order chi connectivity index (χ0) is 34.6. The van der Waals surface area contributed by atoms with Crippen LogP contribution in [0.25, 0.3) is 97.3 Å². The van der Waals surface area contributed by atoms with Crippen LogP contribution in [-0.2, 0) is 5.41 Å². The first-order chi connectivity index (χ1) is 25.5. The molecule has 0 radical (unpaired) electrons. The minimum Gasteiger partial charge on any atom is -0.237 e. The summed E-state index contributed by atoms with van der Waals surface area (Å²) in [5, 5.41) is 10.2. The molecule has 10 aromatic rings. The number of aromatic nitrogens is 1. The van der Waals surface area contributed by atoms with Gasteiger partial charge in [-0.15, -0.1) is 11.3 Å². The van der Waals surface area contributed by atoms with E-state index in [2.05, 4.69) is 178 Å². The van der Waals surface area contributed by atoms with Crippen molar-refractivity contribution in [2.75, 3.05) is 0 Å². The Labute approximate surface area is 306 Å². The van der Waals surface area contributed by atoms with Gasteiger partial charge in [-0.05, 0) is 107 Å². The molecule has 0 spiro atoms. The molecule has 0 bridgehead atoms. The maximum atomic E-state index is 5.31. The second-order valence-electron chi connectivity index (χ2n) is 14.7. The van der Waals surface area contributed by atoms with Crippen molar-refractivity contribution in [2.45, 2.75) is 19.3 Å². The maximum Gasteiger partial charge on any atom is 0.125 e. The molecule has 0 aliphatic heterocycles. The minimum atomic E-state index is -0.0247. The molecule has 0 unspecified atom stereocenters. The van der Waals surface area contributed by atoms with E-state index in [0.29, 0.717) is 0 Å². The number of pyridine rings is 1. The predicted molar refractivity (Wildman–Crippen MR) is 224 cm³/mol. The first-order valence-electron chi connectivity index (χ1n) is 18.0. The standard InChI is InChI=1S/C50H33NS/c1-50(2)45-20-8-7-17-40(45)41-24-21-31(29-46(41)50)30-11-9-12-32(27-30)34-18-10-19-42-43-25-26-47(51-49(43)52-48(34)42)33-22-23-39-37-15-4-3-13-35(37)36-14-5-6-16-38(36)44(39)28-33/h3-29H,1-2H3. The van der Waals surface area contributed by atoms with Gasteiger partial charge >= 0.3 is 0 Å². The molecule has 8 aromatic carbocycles. The van der Waals surface area contributed by atoms with Crippen LogP contribution in [0, 0.1) is 0 Å². The Morgan fingerprint density at radius 2 is 0.962 bits per heavy atom. The molecule has 2 heterocycles. The summed E-state index contributed by atoms with van der Waals surface area (Å²) in [6.07, 6.45) is 0. The Morgan fingerprint density at radius 3 is 1.77 bits per heavy atom. The average Bonchev–Trinajstić information content (AvgIpc) is 3.69. The summed E-state index contributed by atoms with van der Waals surface area (Å²) >= 11 is 1.80. The average molecular weight is 680 g/mol. The van der Waals surface area contributed by atoms with E-state index >= 15 is 0 Å². The van der Waals surface area contributed by atoms with Crippen molar-refractivity contribution in [2.24, 2.45) is 0 Å². The second kappa shape index (κ2) is 11.0. The molecule has 0 fully saturated rings. The van der Waals surface area contributed by atoms with Crippen LogP contribution in [0.5, 0.6) is 0 Å². The van der Waals surface area contributed by atoms with Crippen LogP contribution < -0.4 is 0 Å². The number of hydrogen-bond donors (Lipinski definition) is 0. The molecule has 2 aromatic heterocycles. The molecule has 244 valence electrons. The molecule has 1 nitrogen and oxygen atoms in total. The summed E-state index contributed by atoms with van der Waals surface area (Å²) < 4.78 is 1.28. The molecule has 0 amide bonds. The molecule has 0 atom stereocenters. The Kier molecular flexibility index (Phi) is 6.24. The number of fused-ring (bicyclic) bond motifs is 12. The van der Waals surface area contributed by atoms with Crippen LogP contribution in [0.1, 0.15) is 25.0 Å². The Balaban J connectivity index is 1.01. The zero-order valence-electron chi connectivity index (χ0n) is 28.9. The topological polar surface area (TPSA) is 12.9 Å². The Hall–Kier alpha value is -6.09. The highest BCUT2D eigenvalue weighted by molar-refractivity contribution is 7.26. The van der Waals surface area contributed by atoms with E-state index in [1.807, 2.05) is 0 Å². The van der Waals surface area contributed by atoms with Gasteiger partial charge in [0.05, 0.1) is 5.69 Å². The van der Waals surface area contributed by atoms with Crippen molar-refractivity contribution in [3.8, 4) is 44.6 Å². The highest BCUT2D eigenvalue weighted by atomic mass is 32.1. The summed E-state index contributed by atoms with van der Waals surface area (Å²) in [4.78, 5) is 6.38. The Bertz CT molecular complexity index is 3070. The van der Waals surface area contributed by atoms with Crippen LogP contribution in [0.3, 0.4) is 0 Å². The van der Waals surface area contributed by atoms with Gasteiger partial charge in [0.25, 0.3) is 0 Å². The minimum absolute atomic E-state index is 0.0247. The van der Waals surface area contributed by atoms with Crippen molar-refractivity contribution in [3.63, 3.8) is 0 Å². The molecular weight excluding hydrogens is 647 g/mol. The molecule has 1 aliphatic rings. The van der Waals surface area contributed by atoms with Crippen LogP contribution in [0.15, 0.2) is 164 Å². The number of rotatable bonds is 3. The lowest BCUT2D eigenvalue weighted by Gasteiger charge is -2.22. The molecule has 2 heteroatoms. The fourth-order valence-corrected chi connectivity index (χ4v) is 10.1. The third kappa shape index (κ3) is 4.25. The van der Waals surface area contributed by atoms with Crippen molar-refractivity contribution < 1.29 is 0 Å². The Morgan fingerprint density at radius 1 is 0.385 bits per heavy atom. The third-order valence-corrected chi connectivity index (χ3v) is 12.6. The predicted octanol–water partition coefficient (Wildman–Crippen LogP) is 14.2. The van der Waals surface area contributed by atoms with Crippen LogP contribution in [0.4, 0.5) is 0 Å². The molecule has 0 saturated heterocycles. The molecule has 1 aliphatic carbocycles. The van der Waals surface area contributed by atoms with Crippen molar-refractivity contribution in [1.29, 1.82) is 0 Å². The lowest BCUT2D eigenvalue weighted by molar-refractivity contribution is 0.660. The lowest BCUT2D eigenvalue weighted by Crippen LogP contribution is -2.14. The van der Waals surface area contributed by atoms with Gasteiger partial charge in [0.2, 0.25) is 0 Å². The third-order valence-electron chi connectivity index (χ3n) is 11.5. The monoisotopic (exact) mass is 679 g/mol. The second-order valence-corrected chi connectivity index (χ2v) is 15.7. The highest BCUT2D eigenvalue weighted by Gasteiger charge is 2.35. The van der Waals surface area contributed by atoms with Gasteiger partial charge in [-0.25, -0.2) is 4.98 Å². The maximum absolute atomic E-state index is 5.31. The van der Waals surface area contributed by atoms with Gasteiger partial charge in [0, 0.05) is 26.5 Å². The molecular formula is C50H33NS. The smallest absolute Gasteiger partial charge is 0.125 e. The van der Waals surface area contributed by atoms with E-state index in [1.54, 1.807) is 11.3 Å². The van der Waals surface area contributed by atoms with E-state index < -0.39 is 0 Å². The highest BCUT2D eigenvalue weighted by Crippen LogP contribution is 2.50. The molecule has 11 rings (SSSR count).